The fraction of sp³-hybridized carbons (Fsp3) is 0.500. The molecule has 1 atom stereocenters. The van der Waals surface area contributed by atoms with E-state index in [1.54, 1.807) is 20.8 Å². The van der Waals surface area contributed by atoms with Gasteiger partial charge in [0.25, 0.3) is 0 Å². The Morgan fingerprint density at radius 1 is 1.38 bits per heavy atom. The number of pyridine rings is 1. The van der Waals surface area contributed by atoms with Crippen LogP contribution in [0.1, 0.15) is 45.1 Å². The quantitative estimate of drug-likeness (QED) is 0.774. The van der Waals surface area contributed by atoms with Crippen LogP contribution in [0, 0.1) is 0 Å². The summed E-state index contributed by atoms with van der Waals surface area (Å²) in [6.45, 7) is 6.56. The van der Waals surface area contributed by atoms with E-state index >= 15 is 0 Å². The van der Waals surface area contributed by atoms with Gasteiger partial charge >= 0.3 is 12.3 Å². The molecule has 2 N–H and O–H groups in total. The lowest BCUT2D eigenvalue weighted by molar-refractivity contribution is -0.141. The predicted molar refractivity (Wildman–Crippen MR) is 84.4 cm³/mol. The molecule has 6 nitrogen and oxygen atoms in total. The van der Waals surface area contributed by atoms with E-state index in [4.69, 9.17) is 4.74 Å². The molecule has 0 spiro atoms. The molecule has 132 valence electrons. The molecular formula is C14H16BrF3N4O2. The lowest BCUT2D eigenvalue weighted by atomic mass is 10.1. The molecule has 0 aliphatic heterocycles. The van der Waals surface area contributed by atoms with Crippen molar-refractivity contribution in [2.75, 3.05) is 0 Å². The van der Waals surface area contributed by atoms with Gasteiger partial charge in [0.2, 0.25) is 0 Å². The monoisotopic (exact) mass is 408 g/mol. The Morgan fingerprint density at radius 3 is 2.54 bits per heavy atom. The van der Waals surface area contributed by atoms with Crippen molar-refractivity contribution in [1.82, 2.24) is 20.5 Å². The molecule has 0 aromatic carbocycles. The number of rotatable bonds is 2. The Kier molecular flexibility index (Phi) is 4.80. The second-order valence-electron chi connectivity index (χ2n) is 6.19. The van der Waals surface area contributed by atoms with Crippen LogP contribution in [0.2, 0.25) is 0 Å². The molecule has 2 aromatic heterocycles. The van der Waals surface area contributed by atoms with Crippen LogP contribution >= 0.6 is 15.9 Å². The Bertz CT molecular complexity index is 768. The minimum Gasteiger partial charge on any atom is -0.444 e. The zero-order chi connectivity index (χ0) is 18.3. The van der Waals surface area contributed by atoms with Crippen molar-refractivity contribution in [3.05, 3.63) is 22.1 Å². The van der Waals surface area contributed by atoms with Crippen molar-refractivity contribution in [3.63, 3.8) is 0 Å². The summed E-state index contributed by atoms with van der Waals surface area (Å²) in [4.78, 5) is 15.5. The van der Waals surface area contributed by atoms with Crippen LogP contribution in [0.5, 0.6) is 0 Å². The van der Waals surface area contributed by atoms with Gasteiger partial charge in [0.05, 0.1) is 11.7 Å². The van der Waals surface area contributed by atoms with Crippen LogP contribution in [0.15, 0.2) is 10.7 Å². The summed E-state index contributed by atoms with van der Waals surface area (Å²) in [6, 6.07) is 0.0620. The third-order valence-corrected chi connectivity index (χ3v) is 3.56. The normalized spacial score (nSPS) is 13.8. The van der Waals surface area contributed by atoms with Crippen molar-refractivity contribution in [3.8, 4) is 0 Å². The van der Waals surface area contributed by atoms with E-state index in [2.05, 4.69) is 36.4 Å². The number of fused-ring (bicyclic) bond motifs is 1. The van der Waals surface area contributed by atoms with Crippen LogP contribution in [0.4, 0.5) is 18.0 Å². The number of alkyl halides is 3. The second kappa shape index (κ2) is 6.23. The lowest BCUT2D eigenvalue weighted by Crippen LogP contribution is -2.34. The number of alkyl carbamates (subject to hydrolysis) is 1. The zero-order valence-corrected chi connectivity index (χ0v) is 15.0. The molecule has 1 unspecified atom stereocenters. The molecule has 2 aromatic rings. The highest BCUT2D eigenvalue weighted by atomic mass is 79.9. The van der Waals surface area contributed by atoms with E-state index in [1.807, 2.05) is 0 Å². The topological polar surface area (TPSA) is 79.9 Å². The van der Waals surface area contributed by atoms with Gasteiger partial charge in [-0.15, -0.1) is 0 Å². The Balaban J connectivity index is 2.41. The summed E-state index contributed by atoms with van der Waals surface area (Å²) in [5.74, 6) is 0. The number of aromatic amines is 1. The van der Waals surface area contributed by atoms with Gasteiger partial charge < -0.3 is 10.1 Å². The lowest BCUT2D eigenvalue weighted by Gasteiger charge is -2.22. The largest absolute Gasteiger partial charge is 0.444 e. The van der Waals surface area contributed by atoms with E-state index < -0.39 is 29.6 Å². The molecule has 10 heteroatoms. The molecule has 24 heavy (non-hydrogen) atoms. The van der Waals surface area contributed by atoms with Crippen molar-refractivity contribution in [2.24, 2.45) is 0 Å². The van der Waals surface area contributed by atoms with Crippen molar-refractivity contribution in [2.45, 2.75) is 45.5 Å². The summed E-state index contributed by atoms with van der Waals surface area (Å²) in [7, 11) is 0. The maximum absolute atomic E-state index is 13.1. The predicted octanol–water partition coefficient (Wildman–Crippen LogP) is 4.32. The minimum atomic E-state index is -4.62. The molecule has 0 aliphatic rings. The van der Waals surface area contributed by atoms with E-state index in [-0.39, 0.29) is 16.6 Å². The molecule has 0 aliphatic carbocycles. The summed E-state index contributed by atoms with van der Waals surface area (Å²) >= 11 is 3.12. The number of hydrogen-bond donors (Lipinski definition) is 2. The molecule has 2 heterocycles. The van der Waals surface area contributed by atoms with E-state index in [1.165, 1.54) is 6.92 Å². The number of halogens is 4. The SMILES string of the molecule is CC(NC(=O)OC(C)(C)C)c1nc(C(F)(F)F)cc2c(Br)[nH]nc12. The number of nitrogens with zero attached hydrogens (tertiary/aromatic N) is 2. The number of ether oxygens (including phenoxy) is 1. The number of carbonyl (C=O) groups excluding carboxylic acids is 1. The average Bonchev–Trinajstić information content (AvgIpc) is 2.76. The Labute approximate surface area is 144 Å². The molecule has 0 fully saturated rings. The van der Waals surface area contributed by atoms with Crippen LogP contribution in [0.25, 0.3) is 10.9 Å². The molecule has 0 saturated carbocycles. The first kappa shape index (κ1) is 18.5. The average molecular weight is 409 g/mol. The maximum atomic E-state index is 13.1. The highest BCUT2D eigenvalue weighted by Crippen LogP contribution is 2.34. The zero-order valence-electron chi connectivity index (χ0n) is 13.4. The first-order chi connectivity index (χ1) is 10.9. The highest BCUT2D eigenvalue weighted by molar-refractivity contribution is 9.10. The van der Waals surface area contributed by atoms with Gasteiger partial charge in [-0.25, -0.2) is 9.78 Å². The van der Waals surface area contributed by atoms with Gasteiger partial charge in [-0.3, -0.25) is 5.10 Å². The van der Waals surface area contributed by atoms with Crippen LogP contribution in [-0.2, 0) is 10.9 Å². The molecule has 0 saturated heterocycles. The first-order valence-electron chi connectivity index (χ1n) is 6.99. The van der Waals surface area contributed by atoms with Crippen molar-refractivity contribution < 1.29 is 22.7 Å². The fourth-order valence-corrected chi connectivity index (χ4v) is 2.40. The van der Waals surface area contributed by atoms with Gasteiger partial charge in [-0.05, 0) is 49.7 Å². The van der Waals surface area contributed by atoms with Gasteiger partial charge in [-0.2, -0.15) is 18.3 Å². The number of amides is 1. The number of aromatic nitrogens is 3. The molecule has 2 rings (SSSR count). The number of H-pyrrole nitrogens is 1. The third kappa shape index (κ3) is 4.16. The van der Waals surface area contributed by atoms with Crippen LogP contribution < -0.4 is 5.32 Å². The number of carbonyl (C=O) groups is 1. The van der Waals surface area contributed by atoms with Crippen molar-refractivity contribution >= 4 is 32.9 Å². The smallest absolute Gasteiger partial charge is 0.433 e. The van der Waals surface area contributed by atoms with Gasteiger partial charge in [-0.1, -0.05) is 0 Å². The molecule has 1 amide bonds. The first-order valence-corrected chi connectivity index (χ1v) is 7.79. The maximum Gasteiger partial charge on any atom is 0.433 e. The molecular weight excluding hydrogens is 393 g/mol. The summed E-state index contributed by atoms with van der Waals surface area (Å²) in [6.07, 6.45) is -5.37. The fourth-order valence-electron chi connectivity index (χ4n) is 2.01. The Hall–Kier alpha value is -1.84. The van der Waals surface area contributed by atoms with Crippen LogP contribution in [-0.4, -0.2) is 26.9 Å². The van der Waals surface area contributed by atoms with E-state index in [0.29, 0.717) is 4.60 Å². The third-order valence-electron chi connectivity index (χ3n) is 2.96. The Morgan fingerprint density at radius 2 is 2.00 bits per heavy atom. The second-order valence-corrected chi connectivity index (χ2v) is 6.99. The van der Waals surface area contributed by atoms with Gasteiger partial charge in [0, 0.05) is 5.39 Å². The highest BCUT2D eigenvalue weighted by Gasteiger charge is 2.35. The summed E-state index contributed by atoms with van der Waals surface area (Å²) in [5, 5.41) is 9.21. The van der Waals surface area contributed by atoms with E-state index in [0.717, 1.165) is 6.07 Å². The molecule has 0 bridgehead atoms. The number of nitrogens with one attached hydrogen (secondary N) is 2. The number of hydrogen-bond acceptors (Lipinski definition) is 4. The molecule has 0 radical (unpaired) electrons. The summed E-state index contributed by atoms with van der Waals surface area (Å²) in [5.41, 5.74) is -1.56. The summed E-state index contributed by atoms with van der Waals surface area (Å²) < 4.78 is 44.6. The van der Waals surface area contributed by atoms with Gasteiger partial charge in [0.15, 0.2) is 0 Å². The van der Waals surface area contributed by atoms with Gasteiger partial charge in [0.1, 0.15) is 21.4 Å². The standard InChI is InChI=1S/C14H16BrF3N4O2/c1-6(19-12(23)24-13(2,3)4)9-10-7(11(15)22-21-10)5-8(20-9)14(16,17)18/h5-6H,1-4H3,(H,19,23)(H,21,22). The minimum absolute atomic E-state index is 0.00682. The van der Waals surface area contributed by atoms with E-state index in [9.17, 15) is 18.0 Å². The van der Waals surface area contributed by atoms with Crippen LogP contribution in [0.3, 0.4) is 0 Å². The van der Waals surface area contributed by atoms with Crippen molar-refractivity contribution in [1.29, 1.82) is 0 Å².